The van der Waals surface area contributed by atoms with E-state index in [9.17, 15) is 4.79 Å². The summed E-state index contributed by atoms with van der Waals surface area (Å²) in [6.07, 6.45) is 1.91. The Morgan fingerprint density at radius 2 is 1.91 bits per heavy atom. The third kappa shape index (κ3) is 4.08. The Kier molecular flexibility index (Phi) is 5.87. The van der Waals surface area contributed by atoms with Crippen molar-refractivity contribution >= 4 is 34.1 Å². The maximum atomic E-state index is 13.7. The lowest BCUT2D eigenvalue weighted by molar-refractivity contribution is 0.532. The van der Waals surface area contributed by atoms with E-state index in [0.29, 0.717) is 51.1 Å². The first-order valence-electron chi connectivity index (χ1n) is 10.9. The van der Waals surface area contributed by atoms with Crippen LogP contribution in [0.15, 0.2) is 64.1 Å². The van der Waals surface area contributed by atoms with Crippen molar-refractivity contribution < 1.29 is 4.42 Å². The summed E-state index contributed by atoms with van der Waals surface area (Å²) in [5.41, 5.74) is 7.43. The van der Waals surface area contributed by atoms with Gasteiger partial charge in [-0.3, -0.25) is 9.36 Å². The molecule has 3 heterocycles. The Bertz CT molecular complexity index is 1580. The van der Waals surface area contributed by atoms with Crippen LogP contribution < -0.4 is 16.6 Å². The van der Waals surface area contributed by atoms with Gasteiger partial charge in [-0.1, -0.05) is 42.8 Å². The molecule has 2 aromatic carbocycles. The Labute approximate surface area is 204 Å². The minimum Gasteiger partial charge on any atom is -0.421 e. The number of para-hydroxylation sites is 1. The van der Waals surface area contributed by atoms with Gasteiger partial charge in [-0.2, -0.15) is 0 Å². The largest absolute Gasteiger partial charge is 0.421 e. The lowest BCUT2D eigenvalue weighted by atomic mass is 10.1. The highest BCUT2D eigenvalue weighted by Crippen LogP contribution is 2.33. The predicted molar refractivity (Wildman–Crippen MR) is 133 cm³/mol. The molecule has 0 fully saturated rings. The highest BCUT2D eigenvalue weighted by Gasteiger charge is 2.25. The van der Waals surface area contributed by atoms with E-state index in [4.69, 9.17) is 26.7 Å². The fourth-order valence-corrected chi connectivity index (χ4v) is 4.15. The van der Waals surface area contributed by atoms with Crippen LogP contribution in [0, 0.1) is 6.92 Å². The zero-order valence-electron chi connectivity index (χ0n) is 18.9. The van der Waals surface area contributed by atoms with E-state index in [1.54, 1.807) is 29.7 Å². The number of nitrogens with two attached hydrogens (primary N) is 1. The van der Waals surface area contributed by atoms with Crippen molar-refractivity contribution in [1.82, 2.24) is 29.7 Å². The summed E-state index contributed by atoms with van der Waals surface area (Å²) >= 11 is 6.40. The SMILES string of the molecule is CCC(Nc1ncnc(N)c1-c1nnc(C)o1)c1nc2cccc(Cl)c2c(=O)n1-c1ccccc1. The number of hydrogen-bond donors (Lipinski definition) is 2. The fourth-order valence-electron chi connectivity index (χ4n) is 3.90. The molecular formula is C24H21ClN8O2. The second kappa shape index (κ2) is 9.15. The zero-order valence-corrected chi connectivity index (χ0v) is 19.7. The molecule has 0 spiro atoms. The fraction of sp³-hybridized carbons (Fsp3) is 0.167. The number of nitrogens with one attached hydrogen (secondary N) is 1. The van der Waals surface area contributed by atoms with Gasteiger partial charge in [-0.15, -0.1) is 10.2 Å². The maximum Gasteiger partial charge on any atom is 0.267 e. The van der Waals surface area contributed by atoms with Crippen LogP contribution in [-0.4, -0.2) is 29.7 Å². The highest BCUT2D eigenvalue weighted by atomic mass is 35.5. The van der Waals surface area contributed by atoms with Gasteiger partial charge in [-0.05, 0) is 30.7 Å². The van der Waals surface area contributed by atoms with Crippen molar-refractivity contribution in [3.05, 3.63) is 81.9 Å². The molecule has 11 heteroatoms. The van der Waals surface area contributed by atoms with Crippen LogP contribution in [0.2, 0.25) is 5.02 Å². The van der Waals surface area contributed by atoms with Gasteiger partial charge in [0, 0.05) is 6.92 Å². The third-order valence-electron chi connectivity index (χ3n) is 5.53. The molecule has 0 bridgehead atoms. The molecule has 0 aliphatic heterocycles. The van der Waals surface area contributed by atoms with Crippen LogP contribution in [0.1, 0.15) is 31.1 Å². The van der Waals surface area contributed by atoms with Crippen LogP contribution in [0.3, 0.4) is 0 Å². The Hall–Kier alpha value is -4.31. The van der Waals surface area contributed by atoms with Gasteiger partial charge >= 0.3 is 0 Å². The number of anilines is 2. The van der Waals surface area contributed by atoms with Crippen molar-refractivity contribution in [3.63, 3.8) is 0 Å². The Balaban J connectivity index is 1.71. The van der Waals surface area contributed by atoms with E-state index in [1.807, 2.05) is 37.3 Å². The number of nitrogens with zero attached hydrogens (tertiary/aromatic N) is 6. The molecule has 0 radical (unpaired) electrons. The van der Waals surface area contributed by atoms with Gasteiger partial charge in [0.25, 0.3) is 11.4 Å². The van der Waals surface area contributed by atoms with Crippen molar-refractivity contribution in [2.75, 3.05) is 11.1 Å². The standard InChI is InChI=1S/C24H21ClN8O2/c1-3-16(29-21-19(20(26)27-12-28-21)23-32-31-13(2)35-23)22-30-17-11-7-10-15(25)18(17)24(34)33(22)14-8-5-4-6-9-14/h4-12,16H,3H2,1-2H3,(H3,26,27,28,29). The monoisotopic (exact) mass is 488 g/mol. The number of nitrogen functional groups attached to an aromatic ring is 1. The molecule has 176 valence electrons. The second-order valence-corrected chi connectivity index (χ2v) is 8.20. The van der Waals surface area contributed by atoms with Crippen LogP contribution >= 0.6 is 11.6 Å². The van der Waals surface area contributed by atoms with E-state index in [1.165, 1.54) is 6.33 Å². The van der Waals surface area contributed by atoms with Gasteiger partial charge in [0.15, 0.2) is 0 Å². The quantitative estimate of drug-likeness (QED) is 0.357. The zero-order chi connectivity index (χ0) is 24.5. The van der Waals surface area contributed by atoms with Gasteiger partial charge in [0.2, 0.25) is 5.89 Å². The molecule has 0 saturated carbocycles. The summed E-state index contributed by atoms with van der Waals surface area (Å²) < 4.78 is 7.15. The first-order chi connectivity index (χ1) is 17.0. The van der Waals surface area contributed by atoms with E-state index in [0.717, 1.165) is 0 Å². The first kappa shape index (κ1) is 22.5. The molecule has 0 amide bonds. The molecule has 1 atom stereocenters. The second-order valence-electron chi connectivity index (χ2n) is 7.79. The average Bonchev–Trinajstić information content (AvgIpc) is 3.28. The summed E-state index contributed by atoms with van der Waals surface area (Å²) in [5, 5.41) is 12.0. The van der Waals surface area contributed by atoms with E-state index < -0.39 is 6.04 Å². The minimum absolute atomic E-state index is 0.180. The average molecular weight is 489 g/mol. The summed E-state index contributed by atoms with van der Waals surface area (Å²) in [7, 11) is 0. The number of hydrogen-bond acceptors (Lipinski definition) is 9. The summed E-state index contributed by atoms with van der Waals surface area (Å²) in [4.78, 5) is 27.0. The maximum absolute atomic E-state index is 13.7. The lowest BCUT2D eigenvalue weighted by Gasteiger charge is -2.23. The van der Waals surface area contributed by atoms with Crippen molar-refractivity contribution in [2.24, 2.45) is 0 Å². The van der Waals surface area contributed by atoms with E-state index in [2.05, 4.69) is 25.5 Å². The molecule has 10 nitrogen and oxygen atoms in total. The van der Waals surface area contributed by atoms with Crippen molar-refractivity contribution in [2.45, 2.75) is 26.3 Å². The van der Waals surface area contributed by atoms with Crippen LogP contribution in [0.25, 0.3) is 28.0 Å². The summed E-state index contributed by atoms with van der Waals surface area (Å²) in [5.74, 6) is 1.62. The third-order valence-corrected chi connectivity index (χ3v) is 5.85. The van der Waals surface area contributed by atoms with Crippen LogP contribution in [0.4, 0.5) is 11.6 Å². The molecule has 0 aliphatic rings. The smallest absolute Gasteiger partial charge is 0.267 e. The molecule has 5 rings (SSSR count). The molecule has 5 aromatic rings. The highest BCUT2D eigenvalue weighted by molar-refractivity contribution is 6.35. The number of fused-ring (bicyclic) bond motifs is 1. The molecular weight excluding hydrogens is 468 g/mol. The summed E-state index contributed by atoms with van der Waals surface area (Å²) in [6, 6.07) is 14.1. The predicted octanol–water partition coefficient (Wildman–Crippen LogP) is 4.33. The molecule has 1 unspecified atom stereocenters. The van der Waals surface area contributed by atoms with E-state index in [-0.39, 0.29) is 17.3 Å². The minimum atomic E-state index is -0.441. The van der Waals surface area contributed by atoms with Gasteiger partial charge in [0.1, 0.15) is 29.4 Å². The van der Waals surface area contributed by atoms with Gasteiger partial charge in [-0.25, -0.2) is 15.0 Å². The van der Waals surface area contributed by atoms with Crippen molar-refractivity contribution in [1.29, 1.82) is 0 Å². The molecule has 0 aliphatic carbocycles. The first-order valence-corrected chi connectivity index (χ1v) is 11.3. The summed E-state index contributed by atoms with van der Waals surface area (Å²) in [6.45, 7) is 3.66. The normalized spacial score (nSPS) is 12.1. The molecule has 3 N–H and O–H groups in total. The van der Waals surface area contributed by atoms with E-state index >= 15 is 0 Å². The number of halogens is 1. The molecule has 3 aromatic heterocycles. The van der Waals surface area contributed by atoms with Crippen molar-refractivity contribution in [3.8, 4) is 17.1 Å². The van der Waals surface area contributed by atoms with Crippen LogP contribution in [0.5, 0.6) is 0 Å². The van der Waals surface area contributed by atoms with Gasteiger partial charge < -0.3 is 15.5 Å². The Morgan fingerprint density at radius 3 is 2.63 bits per heavy atom. The number of aromatic nitrogens is 6. The lowest BCUT2D eigenvalue weighted by Crippen LogP contribution is -2.28. The van der Waals surface area contributed by atoms with Gasteiger partial charge in [0.05, 0.1) is 27.7 Å². The molecule has 35 heavy (non-hydrogen) atoms. The number of aryl methyl sites for hydroxylation is 1. The number of benzene rings is 2. The molecule has 0 saturated heterocycles. The number of rotatable bonds is 6. The topological polar surface area (TPSA) is 138 Å². The Morgan fingerprint density at radius 1 is 1.11 bits per heavy atom. The van der Waals surface area contributed by atoms with Crippen LogP contribution in [-0.2, 0) is 0 Å².